The van der Waals surface area contributed by atoms with Crippen LogP contribution >= 0.6 is 0 Å². The lowest BCUT2D eigenvalue weighted by atomic mass is 9.94. The van der Waals surface area contributed by atoms with Crippen molar-refractivity contribution < 1.29 is 0 Å². The van der Waals surface area contributed by atoms with Gasteiger partial charge in [-0.3, -0.25) is 0 Å². The van der Waals surface area contributed by atoms with E-state index in [4.69, 9.17) is 5.26 Å². The normalized spacial score (nSPS) is 10.8. The molecule has 2 heteroatoms. The van der Waals surface area contributed by atoms with Crippen LogP contribution in [0.1, 0.15) is 39.2 Å². The van der Waals surface area contributed by atoms with Crippen molar-refractivity contribution in [3.63, 3.8) is 0 Å². The van der Waals surface area contributed by atoms with E-state index in [0.29, 0.717) is 5.56 Å². The zero-order valence-corrected chi connectivity index (χ0v) is 9.67. The first-order chi connectivity index (χ1) is 7.15. The number of rotatable bonds is 4. The number of para-hydroxylation sites is 1. The quantitative estimate of drug-likeness (QED) is 0.810. The number of hydrogen-bond donors (Lipinski definition) is 1. The summed E-state index contributed by atoms with van der Waals surface area (Å²) in [5.74, 6) is 0. The fourth-order valence-corrected chi connectivity index (χ4v) is 1.44. The molecule has 0 amide bonds. The molecular formula is C13H18N2. The van der Waals surface area contributed by atoms with Gasteiger partial charge >= 0.3 is 0 Å². The van der Waals surface area contributed by atoms with Gasteiger partial charge in [0.15, 0.2) is 0 Å². The summed E-state index contributed by atoms with van der Waals surface area (Å²) in [6, 6.07) is 9.85. The molecule has 0 saturated heterocycles. The van der Waals surface area contributed by atoms with Gasteiger partial charge in [0.25, 0.3) is 0 Å². The summed E-state index contributed by atoms with van der Waals surface area (Å²) in [5, 5.41) is 12.4. The molecule has 0 saturated carbocycles. The topological polar surface area (TPSA) is 35.8 Å². The van der Waals surface area contributed by atoms with Gasteiger partial charge < -0.3 is 5.32 Å². The van der Waals surface area contributed by atoms with Gasteiger partial charge in [-0.2, -0.15) is 5.26 Å². The van der Waals surface area contributed by atoms with Crippen LogP contribution in [0.4, 0.5) is 5.69 Å². The van der Waals surface area contributed by atoms with Gasteiger partial charge in [0.2, 0.25) is 0 Å². The summed E-state index contributed by atoms with van der Waals surface area (Å²) in [7, 11) is 0. The molecule has 0 bridgehead atoms. The molecule has 0 heterocycles. The Balaban J connectivity index is 2.94. The Hall–Kier alpha value is -1.49. The fraction of sp³-hybridized carbons (Fsp3) is 0.462. The van der Waals surface area contributed by atoms with Crippen LogP contribution < -0.4 is 5.32 Å². The predicted molar refractivity (Wildman–Crippen MR) is 63.8 cm³/mol. The van der Waals surface area contributed by atoms with Crippen molar-refractivity contribution in [1.82, 2.24) is 0 Å². The summed E-state index contributed by atoms with van der Waals surface area (Å²) in [5.41, 5.74) is 1.73. The van der Waals surface area contributed by atoms with E-state index < -0.39 is 0 Å². The molecule has 0 atom stereocenters. The Morgan fingerprint density at radius 2 is 1.87 bits per heavy atom. The van der Waals surface area contributed by atoms with Gasteiger partial charge in [0.1, 0.15) is 6.07 Å². The van der Waals surface area contributed by atoms with Gasteiger partial charge in [-0.1, -0.05) is 26.0 Å². The first-order valence-corrected chi connectivity index (χ1v) is 5.42. The van der Waals surface area contributed by atoms with Crippen molar-refractivity contribution in [2.24, 2.45) is 0 Å². The fourth-order valence-electron chi connectivity index (χ4n) is 1.44. The maximum absolute atomic E-state index is 8.97. The molecule has 80 valence electrons. The van der Waals surface area contributed by atoms with Crippen molar-refractivity contribution in [3.05, 3.63) is 29.8 Å². The number of nitrogens with one attached hydrogen (secondary N) is 1. The van der Waals surface area contributed by atoms with Gasteiger partial charge in [-0.15, -0.1) is 0 Å². The molecule has 0 aliphatic heterocycles. The summed E-state index contributed by atoms with van der Waals surface area (Å²) in [4.78, 5) is 0. The predicted octanol–water partition coefficient (Wildman–Crippen LogP) is 3.55. The molecule has 0 fully saturated rings. The minimum Gasteiger partial charge on any atom is -0.379 e. The van der Waals surface area contributed by atoms with Gasteiger partial charge in [-0.05, 0) is 31.9 Å². The van der Waals surface area contributed by atoms with E-state index in [1.165, 1.54) is 0 Å². The molecule has 1 aromatic rings. The summed E-state index contributed by atoms with van der Waals surface area (Å²) in [6.07, 6.45) is 2.09. The number of nitriles is 1. The zero-order chi connectivity index (χ0) is 11.3. The highest BCUT2D eigenvalue weighted by atomic mass is 15.0. The second-order valence-electron chi connectivity index (χ2n) is 4.05. The van der Waals surface area contributed by atoms with E-state index in [-0.39, 0.29) is 5.54 Å². The minimum absolute atomic E-state index is 0.0763. The molecule has 0 aromatic heterocycles. The monoisotopic (exact) mass is 202 g/mol. The molecule has 0 aliphatic carbocycles. The SMILES string of the molecule is CCC(C)(CC)Nc1ccccc1C#N. The second-order valence-corrected chi connectivity index (χ2v) is 4.05. The third-order valence-electron chi connectivity index (χ3n) is 3.04. The maximum Gasteiger partial charge on any atom is 0.101 e. The maximum atomic E-state index is 8.97. The van der Waals surface area contributed by atoms with E-state index in [2.05, 4.69) is 32.2 Å². The lowest BCUT2D eigenvalue weighted by Gasteiger charge is -2.30. The molecule has 1 rings (SSSR count). The molecule has 0 aliphatic rings. The Kier molecular flexibility index (Phi) is 3.74. The number of benzene rings is 1. The van der Waals surface area contributed by atoms with Crippen LogP contribution in [-0.4, -0.2) is 5.54 Å². The summed E-state index contributed by atoms with van der Waals surface area (Å²) >= 11 is 0. The number of anilines is 1. The molecular weight excluding hydrogens is 184 g/mol. The van der Waals surface area contributed by atoms with Gasteiger partial charge in [0, 0.05) is 5.54 Å². The molecule has 1 aromatic carbocycles. The Morgan fingerprint density at radius 1 is 1.27 bits per heavy atom. The Labute approximate surface area is 91.9 Å². The van der Waals surface area contributed by atoms with Crippen molar-refractivity contribution in [2.75, 3.05) is 5.32 Å². The van der Waals surface area contributed by atoms with Crippen LogP contribution in [0.5, 0.6) is 0 Å². The average molecular weight is 202 g/mol. The van der Waals surface area contributed by atoms with Crippen molar-refractivity contribution in [2.45, 2.75) is 39.2 Å². The van der Waals surface area contributed by atoms with Crippen LogP contribution in [0.3, 0.4) is 0 Å². The third-order valence-corrected chi connectivity index (χ3v) is 3.04. The van der Waals surface area contributed by atoms with Crippen LogP contribution in [0.15, 0.2) is 24.3 Å². The standard InChI is InChI=1S/C13H18N2/c1-4-13(3,5-2)15-12-9-7-6-8-11(12)10-14/h6-9,15H,4-5H2,1-3H3. The van der Waals surface area contributed by atoms with Crippen LogP contribution in [0.2, 0.25) is 0 Å². The van der Waals surface area contributed by atoms with E-state index in [1.807, 2.05) is 24.3 Å². The van der Waals surface area contributed by atoms with Crippen molar-refractivity contribution in [1.29, 1.82) is 5.26 Å². The van der Waals surface area contributed by atoms with Crippen LogP contribution in [-0.2, 0) is 0 Å². The van der Waals surface area contributed by atoms with Crippen molar-refractivity contribution in [3.8, 4) is 6.07 Å². The Morgan fingerprint density at radius 3 is 2.40 bits per heavy atom. The van der Waals surface area contributed by atoms with Crippen LogP contribution in [0, 0.1) is 11.3 Å². The van der Waals surface area contributed by atoms with Gasteiger partial charge in [0.05, 0.1) is 11.3 Å². The number of nitrogens with zero attached hydrogens (tertiary/aromatic N) is 1. The first kappa shape index (κ1) is 11.6. The lowest BCUT2D eigenvalue weighted by Crippen LogP contribution is -2.33. The summed E-state index contributed by atoms with van der Waals surface area (Å²) < 4.78 is 0. The van der Waals surface area contributed by atoms with Crippen molar-refractivity contribution >= 4 is 5.69 Å². The molecule has 2 nitrogen and oxygen atoms in total. The van der Waals surface area contributed by atoms with E-state index >= 15 is 0 Å². The zero-order valence-electron chi connectivity index (χ0n) is 9.67. The lowest BCUT2D eigenvalue weighted by molar-refractivity contribution is 0.478. The molecule has 0 unspecified atom stereocenters. The molecule has 1 N–H and O–H groups in total. The smallest absolute Gasteiger partial charge is 0.101 e. The van der Waals surface area contributed by atoms with E-state index in [9.17, 15) is 0 Å². The highest BCUT2D eigenvalue weighted by molar-refractivity contribution is 5.58. The molecule has 0 radical (unpaired) electrons. The average Bonchev–Trinajstić information content (AvgIpc) is 2.29. The van der Waals surface area contributed by atoms with E-state index in [0.717, 1.165) is 18.5 Å². The highest BCUT2D eigenvalue weighted by Gasteiger charge is 2.19. The second kappa shape index (κ2) is 4.84. The molecule has 0 spiro atoms. The third kappa shape index (κ3) is 2.73. The largest absolute Gasteiger partial charge is 0.379 e. The first-order valence-electron chi connectivity index (χ1n) is 5.42. The van der Waals surface area contributed by atoms with E-state index in [1.54, 1.807) is 0 Å². The highest BCUT2D eigenvalue weighted by Crippen LogP contribution is 2.23. The number of hydrogen-bond acceptors (Lipinski definition) is 2. The Bertz CT molecular complexity index is 359. The molecule has 15 heavy (non-hydrogen) atoms. The summed E-state index contributed by atoms with van der Waals surface area (Å²) in [6.45, 7) is 6.50. The van der Waals surface area contributed by atoms with Crippen LogP contribution in [0.25, 0.3) is 0 Å². The minimum atomic E-state index is 0.0763. The van der Waals surface area contributed by atoms with Gasteiger partial charge in [-0.25, -0.2) is 0 Å².